The zero-order chi connectivity index (χ0) is 15.1. The van der Waals surface area contributed by atoms with Crippen LogP contribution in [-0.2, 0) is 11.2 Å². The average Bonchev–Trinajstić information content (AvgIpc) is 2.49. The summed E-state index contributed by atoms with van der Waals surface area (Å²) in [7, 11) is 0. The van der Waals surface area contributed by atoms with Crippen molar-refractivity contribution in [3.05, 3.63) is 34.9 Å². The van der Waals surface area contributed by atoms with Crippen LogP contribution in [0.4, 0.5) is 0 Å². The number of nitrogens with one attached hydrogen (secondary N) is 1. The molecule has 1 aromatic rings. The van der Waals surface area contributed by atoms with Crippen molar-refractivity contribution in [2.24, 2.45) is 0 Å². The van der Waals surface area contributed by atoms with E-state index in [1.807, 2.05) is 12.1 Å². The predicted octanol–water partition coefficient (Wildman–Crippen LogP) is 2.97. The Hall–Kier alpha value is -0.610. The molecule has 0 amide bonds. The standard InChI is InChI=1S/C17H27ClN2O/c1-3-9-20-10-11-21-17(13-20)16(19-4-2)12-14-7-5-6-8-15(14)18/h5-8,16-17,19H,3-4,9-13H2,1-2H3. The molecule has 4 heteroatoms. The van der Waals surface area contributed by atoms with E-state index in [9.17, 15) is 0 Å². The summed E-state index contributed by atoms with van der Waals surface area (Å²) in [6, 6.07) is 8.42. The maximum atomic E-state index is 6.31. The van der Waals surface area contributed by atoms with Gasteiger partial charge in [-0.15, -0.1) is 0 Å². The lowest BCUT2D eigenvalue weighted by Gasteiger charge is -2.37. The van der Waals surface area contributed by atoms with Gasteiger partial charge in [-0.3, -0.25) is 4.90 Å². The molecule has 1 fully saturated rings. The van der Waals surface area contributed by atoms with E-state index < -0.39 is 0 Å². The quantitative estimate of drug-likeness (QED) is 0.838. The summed E-state index contributed by atoms with van der Waals surface area (Å²) in [5.41, 5.74) is 1.20. The molecule has 1 aliphatic rings. The van der Waals surface area contributed by atoms with Crippen LogP contribution in [0, 0.1) is 0 Å². The normalized spacial score (nSPS) is 21.4. The second-order valence-corrected chi connectivity index (χ2v) is 6.08. The van der Waals surface area contributed by atoms with Gasteiger partial charge in [0.25, 0.3) is 0 Å². The Morgan fingerprint density at radius 3 is 2.90 bits per heavy atom. The molecule has 0 radical (unpaired) electrons. The van der Waals surface area contributed by atoms with Crippen LogP contribution in [-0.4, -0.2) is 49.8 Å². The van der Waals surface area contributed by atoms with Crippen LogP contribution in [0.25, 0.3) is 0 Å². The molecular weight excluding hydrogens is 284 g/mol. The van der Waals surface area contributed by atoms with Crippen LogP contribution in [0.1, 0.15) is 25.8 Å². The van der Waals surface area contributed by atoms with Crippen molar-refractivity contribution in [2.45, 2.75) is 38.8 Å². The lowest BCUT2D eigenvalue weighted by Crippen LogP contribution is -2.53. The largest absolute Gasteiger partial charge is 0.374 e. The van der Waals surface area contributed by atoms with Gasteiger partial charge >= 0.3 is 0 Å². The summed E-state index contributed by atoms with van der Waals surface area (Å²) in [4.78, 5) is 2.51. The van der Waals surface area contributed by atoms with E-state index in [2.05, 4.69) is 36.2 Å². The summed E-state index contributed by atoms with van der Waals surface area (Å²) in [5, 5.41) is 4.43. The van der Waals surface area contributed by atoms with Gasteiger partial charge < -0.3 is 10.1 Å². The highest BCUT2D eigenvalue weighted by Gasteiger charge is 2.27. The molecule has 2 atom stereocenters. The van der Waals surface area contributed by atoms with Crippen molar-refractivity contribution >= 4 is 11.6 Å². The Morgan fingerprint density at radius 2 is 2.19 bits per heavy atom. The second-order valence-electron chi connectivity index (χ2n) is 5.67. The molecule has 2 unspecified atom stereocenters. The summed E-state index contributed by atoms with van der Waals surface area (Å²) in [6.45, 7) is 9.37. The molecule has 1 aliphatic heterocycles. The van der Waals surface area contributed by atoms with Crippen molar-refractivity contribution in [1.29, 1.82) is 0 Å². The molecule has 0 saturated carbocycles. The minimum atomic E-state index is 0.238. The van der Waals surface area contributed by atoms with Gasteiger partial charge in [0, 0.05) is 24.2 Å². The van der Waals surface area contributed by atoms with Crippen LogP contribution >= 0.6 is 11.6 Å². The molecule has 3 nitrogen and oxygen atoms in total. The molecular formula is C17H27ClN2O. The minimum absolute atomic E-state index is 0.238. The van der Waals surface area contributed by atoms with Crippen LogP contribution in [0.2, 0.25) is 5.02 Å². The number of benzene rings is 1. The van der Waals surface area contributed by atoms with Gasteiger partial charge in [0.1, 0.15) is 0 Å². The molecule has 1 heterocycles. The van der Waals surface area contributed by atoms with Crippen LogP contribution in [0.15, 0.2) is 24.3 Å². The molecule has 21 heavy (non-hydrogen) atoms. The van der Waals surface area contributed by atoms with Crippen molar-refractivity contribution in [3.8, 4) is 0 Å². The van der Waals surface area contributed by atoms with E-state index in [4.69, 9.17) is 16.3 Å². The lowest BCUT2D eigenvalue weighted by atomic mass is 9.99. The molecule has 1 N–H and O–H groups in total. The Bertz CT molecular complexity index is 425. The van der Waals surface area contributed by atoms with Gasteiger partial charge in [0.05, 0.1) is 12.7 Å². The molecule has 0 aromatic heterocycles. The number of rotatable bonds is 7. The monoisotopic (exact) mass is 310 g/mol. The molecule has 118 valence electrons. The van der Waals surface area contributed by atoms with E-state index in [1.165, 1.54) is 12.0 Å². The molecule has 0 bridgehead atoms. The highest BCUT2D eigenvalue weighted by molar-refractivity contribution is 6.31. The predicted molar refractivity (Wildman–Crippen MR) is 89.1 cm³/mol. The first kappa shape index (κ1) is 16.8. The van der Waals surface area contributed by atoms with Crippen molar-refractivity contribution in [2.75, 3.05) is 32.8 Å². The first-order valence-electron chi connectivity index (χ1n) is 8.05. The van der Waals surface area contributed by atoms with Gasteiger partial charge in [0.15, 0.2) is 0 Å². The number of hydrogen-bond donors (Lipinski definition) is 1. The van der Waals surface area contributed by atoms with Crippen molar-refractivity contribution in [1.82, 2.24) is 10.2 Å². The van der Waals surface area contributed by atoms with Gasteiger partial charge in [-0.25, -0.2) is 0 Å². The first-order chi connectivity index (χ1) is 10.2. The number of morpholine rings is 1. The molecule has 1 aromatic carbocycles. The van der Waals surface area contributed by atoms with E-state index >= 15 is 0 Å². The van der Waals surface area contributed by atoms with Gasteiger partial charge in [0.2, 0.25) is 0 Å². The number of halogens is 1. The highest BCUT2D eigenvalue weighted by Crippen LogP contribution is 2.20. The Labute approximate surface area is 133 Å². The minimum Gasteiger partial charge on any atom is -0.374 e. The molecule has 2 rings (SSSR count). The fourth-order valence-electron chi connectivity index (χ4n) is 2.99. The first-order valence-corrected chi connectivity index (χ1v) is 8.43. The van der Waals surface area contributed by atoms with Gasteiger partial charge in [-0.05, 0) is 37.6 Å². The maximum Gasteiger partial charge on any atom is 0.0858 e. The fraction of sp³-hybridized carbons (Fsp3) is 0.647. The van der Waals surface area contributed by atoms with Crippen LogP contribution in [0.5, 0.6) is 0 Å². The summed E-state index contributed by atoms with van der Waals surface area (Å²) < 4.78 is 6.03. The topological polar surface area (TPSA) is 24.5 Å². The SMILES string of the molecule is CCCN1CCOC(C(Cc2ccccc2Cl)NCC)C1. The Balaban J connectivity index is 2.02. The van der Waals surface area contributed by atoms with Crippen molar-refractivity contribution in [3.63, 3.8) is 0 Å². The Morgan fingerprint density at radius 1 is 1.38 bits per heavy atom. The fourth-order valence-corrected chi connectivity index (χ4v) is 3.21. The zero-order valence-electron chi connectivity index (χ0n) is 13.1. The van der Waals surface area contributed by atoms with Crippen molar-refractivity contribution < 1.29 is 4.74 Å². The second kappa shape index (κ2) is 8.74. The van der Waals surface area contributed by atoms with Crippen LogP contribution < -0.4 is 5.32 Å². The molecule has 0 spiro atoms. The smallest absolute Gasteiger partial charge is 0.0858 e. The number of nitrogens with zero attached hydrogens (tertiary/aromatic N) is 1. The average molecular weight is 311 g/mol. The molecule has 1 saturated heterocycles. The maximum absolute atomic E-state index is 6.31. The van der Waals surface area contributed by atoms with Crippen LogP contribution in [0.3, 0.4) is 0 Å². The van der Waals surface area contributed by atoms with Gasteiger partial charge in [-0.2, -0.15) is 0 Å². The highest BCUT2D eigenvalue weighted by atomic mass is 35.5. The Kier molecular flexibility index (Phi) is 6.97. The summed E-state index contributed by atoms with van der Waals surface area (Å²) in [6.07, 6.45) is 2.35. The summed E-state index contributed by atoms with van der Waals surface area (Å²) in [5.74, 6) is 0. The number of hydrogen-bond acceptors (Lipinski definition) is 3. The lowest BCUT2D eigenvalue weighted by molar-refractivity contribution is -0.0459. The number of ether oxygens (including phenoxy) is 1. The van der Waals surface area contributed by atoms with E-state index in [0.717, 1.165) is 44.2 Å². The third-order valence-electron chi connectivity index (χ3n) is 4.03. The van der Waals surface area contributed by atoms with E-state index in [-0.39, 0.29) is 6.10 Å². The third kappa shape index (κ3) is 4.96. The van der Waals surface area contributed by atoms with E-state index in [0.29, 0.717) is 6.04 Å². The number of likely N-dealkylation sites (N-methyl/N-ethyl adjacent to an activating group) is 1. The molecule has 0 aliphatic carbocycles. The van der Waals surface area contributed by atoms with E-state index in [1.54, 1.807) is 0 Å². The zero-order valence-corrected chi connectivity index (χ0v) is 13.9. The third-order valence-corrected chi connectivity index (χ3v) is 4.40. The van der Waals surface area contributed by atoms with Gasteiger partial charge in [-0.1, -0.05) is 43.6 Å². The summed E-state index contributed by atoms with van der Waals surface area (Å²) >= 11 is 6.31.